The molecule has 10 heteroatoms. The number of ether oxygens (including phenoxy) is 2. The van der Waals surface area contributed by atoms with Crippen LogP contribution in [0.4, 0.5) is 13.2 Å². The number of likely N-dealkylation sites (tertiary alicyclic amines) is 1. The molecule has 0 bridgehead atoms. The molecule has 2 atom stereocenters. The van der Waals surface area contributed by atoms with E-state index in [0.29, 0.717) is 26.4 Å². The fourth-order valence-corrected chi connectivity index (χ4v) is 3.94. The van der Waals surface area contributed by atoms with Crippen LogP contribution in [-0.4, -0.2) is 71.5 Å². The first-order chi connectivity index (χ1) is 14.9. The molecule has 1 aromatic rings. The van der Waals surface area contributed by atoms with Gasteiger partial charge >= 0.3 is 6.18 Å². The van der Waals surface area contributed by atoms with Crippen molar-refractivity contribution in [3.8, 4) is 0 Å². The second-order valence-electron chi connectivity index (χ2n) is 7.79. The van der Waals surface area contributed by atoms with Crippen molar-refractivity contribution in [3.05, 3.63) is 35.4 Å². The van der Waals surface area contributed by atoms with Crippen molar-refractivity contribution >= 4 is 29.9 Å². The van der Waals surface area contributed by atoms with E-state index in [4.69, 9.17) is 9.47 Å². The summed E-state index contributed by atoms with van der Waals surface area (Å²) in [5, 5.41) is 6.66. The number of aliphatic imine (C=N–C) groups is 1. The van der Waals surface area contributed by atoms with E-state index in [0.717, 1.165) is 43.9 Å². The second-order valence-corrected chi connectivity index (χ2v) is 7.79. The van der Waals surface area contributed by atoms with Gasteiger partial charge in [0.1, 0.15) is 0 Å². The second kappa shape index (κ2) is 14.9. The predicted octanol–water partition coefficient (Wildman–Crippen LogP) is 3.92. The van der Waals surface area contributed by atoms with E-state index in [1.54, 1.807) is 26.3 Å². The van der Waals surface area contributed by atoms with Crippen LogP contribution >= 0.6 is 24.0 Å². The van der Waals surface area contributed by atoms with E-state index >= 15 is 0 Å². The van der Waals surface area contributed by atoms with Crippen LogP contribution in [0.15, 0.2) is 29.3 Å². The molecule has 2 N–H and O–H groups in total. The van der Waals surface area contributed by atoms with Crippen LogP contribution in [-0.2, 0) is 15.7 Å². The van der Waals surface area contributed by atoms with Gasteiger partial charge in [-0.15, -0.1) is 24.0 Å². The van der Waals surface area contributed by atoms with Gasteiger partial charge in [0.2, 0.25) is 0 Å². The molecule has 2 unspecified atom stereocenters. The van der Waals surface area contributed by atoms with Gasteiger partial charge in [0.25, 0.3) is 0 Å². The molecular formula is C22H36F3IN4O2. The highest BCUT2D eigenvalue weighted by Gasteiger charge is 2.33. The summed E-state index contributed by atoms with van der Waals surface area (Å²) in [6.07, 6.45) is -1.39. The standard InChI is InChI=1S/C22H35F3N4O2.HI/c1-26-21(27-11-5-13-31-15-14-30-3)28-16-18-6-4-12-29(2)20(18)17-7-9-19(10-8-17)22(23,24)25;/h7-10,18,20H,4-6,11-16H2,1-3H3,(H2,26,27,28);1H. The summed E-state index contributed by atoms with van der Waals surface area (Å²) in [6.45, 7) is 4.19. The highest BCUT2D eigenvalue weighted by molar-refractivity contribution is 14.0. The summed E-state index contributed by atoms with van der Waals surface area (Å²) in [5.74, 6) is 0.989. The molecule has 0 spiro atoms. The van der Waals surface area contributed by atoms with Crippen LogP contribution in [0, 0.1) is 5.92 Å². The van der Waals surface area contributed by atoms with Crippen molar-refractivity contribution < 1.29 is 22.6 Å². The van der Waals surface area contributed by atoms with Gasteiger partial charge in [0.05, 0.1) is 18.8 Å². The number of halogens is 4. The Morgan fingerprint density at radius 3 is 2.50 bits per heavy atom. The van der Waals surface area contributed by atoms with Crippen molar-refractivity contribution in [1.82, 2.24) is 15.5 Å². The maximum Gasteiger partial charge on any atom is 0.416 e. The number of nitrogens with one attached hydrogen (secondary N) is 2. The SMILES string of the molecule is CN=C(NCCCOCCOC)NCC1CCCN(C)C1c1ccc(C(F)(F)F)cc1.I. The topological polar surface area (TPSA) is 58.1 Å². The summed E-state index contributed by atoms with van der Waals surface area (Å²) < 4.78 is 49.1. The summed E-state index contributed by atoms with van der Waals surface area (Å²) in [5.41, 5.74) is 0.304. The van der Waals surface area contributed by atoms with Gasteiger partial charge in [-0.3, -0.25) is 9.89 Å². The van der Waals surface area contributed by atoms with E-state index in [-0.39, 0.29) is 35.9 Å². The average molecular weight is 572 g/mol. The minimum atomic E-state index is -4.31. The lowest BCUT2D eigenvalue weighted by atomic mass is 9.84. The third kappa shape index (κ3) is 9.40. The van der Waals surface area contributed by atoms with Crippen molar-refractivity contribution in [3.63, 3.8) is 0 Å². The third-order valence-corrected chi connectivity index (χ3v) is 5.53. The van der Waals surface area contributed by atoms with Gasteiger partial charge in [-0.05, 0) is 56.5 Å². The fraction of sp³-hybridized carbons (Fsp3) is 0.682. The monoisotopic (exact) mass is 572 g/mol. The number of guanidine groups is 1. The smallest absolute Gasteiger partial charge is 0.382 e. The molecule has 1 aromatic carbocycles. The number of alkyl halides is 3. The number of rotatable bonds is 10. The highest BCUT2D eigenvalue weighted by Crippen LogP contribution is 2.36. The summed E-state index contributed by atoms with van der Waals surface area (Å²) in [7, 11) is 5.41. The molecule has 0 amide bonds. The van der Waals surface area contributed by atoms with Crippen LogP contribution in [0.3, 0.4) is 0 Å². The first-order valence-corrected chi connectivity index (χ1v) is 10.8. The molecule has 1 saturated heterocycles. The number of nitrogens with zero attached hydrogens (tertiary/aromatic N) is 2. The zero-order chi connectivity index (χ0) is 22.7. The largest absolute Gasteiger partial charge is 0.416 e. The van der Waals surface area contributed by atoms with Crippen LogP contribution in [0.25, 0.3) is 0 Å². The summed E-state index contributed by atoms with van der Waals surface area (Å²) in [6, 6.07) is 5.64. The molecule has 0 radical (unpaired) electrons. The normalized spacial score (nSPS) is 20.0. The Labute approximate surface area is 206 Å². The first-order valence-electron chi connectivity index (χ1n) is 10.8. The molecule has 32 heavy (non-hydrogen) atoms. The van der Waals surface area contributed by atoms with Crippen molar-refractivity contribution in [2.75, 3.05) is 60.7 Å². The molecule has 6 nitrogen and oxygen atoms in total. The molecule has 1 aliphatic rings. The molecule has 2 rings (SSSR count). The van der Waals surface area contributed by atoms with Crippen LogP contribution < -0.4 is 10.6 Å². The van der Waals surface area contributed by atoms with Gasteiger partial charge in [-0.1, -0.05) is 12.1 Å². The van der Waals surface area contributed by atoms with Gasteiger partial charge < -0.3 is 20.1 Å². The van der Waals surface area contributed by atoms with E-state index < -0.39 is 11.7 Å². The van der Waals surface area contributed by atoms with E-state index in [1.165, 1.54) is 12.1 Å². The van der Waals surface area contributed by atoms with Crippen molar-refractivity contribution in [2.45, 2.75) is 31.5 Å². The third-order valence-electron chi connectivity index (χ3n) is 5.53. The fourth-order valence-electron chi connectivity index (χ4n) is 3.94. The lowest BCUT2D eigenvalue weighted by Crippen LogP contribution is -2.45. The highest BCUT2D eigenvalue weighted by atomic mass is 127. The molecule has 1 heterocycles. The van der Waals surface area contributed by atoms with Gasteiger partial charge in [0.15, 0.2) is 5.96 Å². The molecule has 1 aliphatic heterocycles. The Bertz CT molecular complexity index is 674. The zero-order valence-corrected chi connectivity index (χ0v) is 21.4. The van der Waals surface area contributed by atoms with E-state index in [1.807, 2.05) is 7.05 Å². The molecule has 1 fully saturated rings. The molecule has 184 valence electrons. The van der Waals surface area contributed by atoms with Gasteiger partial charge in [-0.25, -0.2) is 0 Å². The Morgan fingerprint density at radius 1 is 1.16 bits per heavy atom. The molecule has 0 aliphatic carbocycles. The maximum absolute atomic E-state index is 12.9. The molecule has 0 saturated carbocycles. The zero-order valence-electron chi connectivity index (χ0n) is 19.1. The van der Waals surface area contributed by atoms with Crippen LogP contribution in [0.2, 0.25) is 0 Å². The van der Waals surface area contributed by atoms with Gasteiger partial charge in [0, 0.05) is 39.9 Å². The Kier molecular flexibility index (Phi) is 13.5. The van der Waals surface area contributed by atoms with Crippen LogP contribution in [0.5, 0.6) is 0 Å². The maximum atomic E-state index is 12.9. The lowest BCUT2D eigenvalue weighted by molar-refractivity contribution is -0.137. The number of piperidine rings is 1. The van der Waals surface area contributed by atoms with Crippen LogP contribution in [0.1, 0.15) is 36.4 Å². The summed E-state index contributed by atoms with van der Waals surface area (Å²) in [4.78, 5) is 6.50. The predicted molar refractivity (Wildman–Crippen MR) is 132 cm³/mol. The van der Waals surface area contributed by atoms with Crippen molar-refractivity contribution in [1.29, 1.82) is 0 Å². The van der Waals surface area contributed by atoms with Gasteiger partial charge in [-0.2, -0.15) is 13.2 Å². The Morgan fingerprint density at radius 2 is 1.88 bits per heavy atom. The Hall–Kier alpha value is -1.11. The number of methoxy groups -OCH3 is 1. The van der Waals surface area contributed by atoms with E-state index in [9.17, 15) is 13.2 Å². The Balaban J connectivity index is 0.00000512. The number of hydrogen-bond donors (Lipinski definition) is 2. The quantitative estimate of drug-likeness (QED) is 0.193. The summed E-state index contributed by atoms with van der Waals surface area (Å²) >= 11 is 0. The lowest BCUT2D eigenvalue weighted by Gasteiger charge is -2.40. The molecular weight excluding hydrogens is 536 g/mol. The average Bonchev–Trinajstić information content (AvgIpc) is 2.74. The van der Waals surface area contributed by atoms with E-state index in [2.05, 4.69) is 20.5 Å². The minimum Gasteiger partial charge on any atom is -0.382 e. The number of hydrogen-bond acceptors (Lipinski definition) is 4. The molecule has 0 aromatic heterocycles. The number of benzene rings is 1. The first kappa shape index (κ1) is 28.9. The van der Waals surface area contributed by atoms with Crippen molar-refractivity contribution in [2.24, 2.45) is 10.9 Å². The minimum absolute atomic E-state index is 0.